The summed E-state index contributed by atoms with van der Waals surface area (Å²) in [4.78, 5) is 11.3. The number of nitrogens with zero attached hydrogens (tertiary/aromatic N) is 3. The third kappa shape index (κ3) is 3.96. The fourth-order valence-electron chi connectivity index (χ4n) is 1.32. The Morgan fingerprint density at radius 3 is 2.42 bits per heavy atom. The molecule has 0 amide bonds. The molecule has 0 saturated heterocycles. The van der Waals surface area contributed by atoms with Crippen molar-refractivity contribution < 1.29 is 9.47 Å². The number of nitrogens with two attached hydrogens (primary N) is 1. The van der Waals surface area contributed by atoms with Crippen LogP contribution in [0.15, 0.2) is 24.3 Å². The lowest BCUT2D eigenvalue weighted by molar-refractivity contribution is 0.317. The molecule has 2 aromatic rings. The van der Waals surface area contributed by atoms with Crippen molar-refractivity contribution in [3.05, 3.63) is 29.5 Å². The zero-order valence-corrected chi connectivity index (χ0v) is 11.1. The van der Waals surface area contributed by atoms with Crippen LogP contribution in [0.5, 0.6) is 17.5 Å². The van der Waals surface area contributed by atoms with E-state index in [1.165, 1.54) is 0 Å². The number of anilines is 1. The van der Waals surface area contributed by atoms with Crippen LogP contribution in [0, 0.1) is 0 Å². The van der Waals surface area contributed by atoms with Crippen molar-refractivity contribution in [2.24, 2.45) is 0 Å². The zero-order valence-electron chi connectivity index (χ0n) is 10.3. The molecule has 0 saturated carbocycles. The van der Waals surface area contributed by atoms with Gasteiger partial charge in [0.15, 0.2) is 0 Å². The number of ether oxygens (including phenoxy) is 2. The Labute approximate surface area is 115 Å². The summed E-state index contributed by atoms with van der Waals surface area (Å²) in [6, 6.07) is 7.16. The van der Waals surface area contributed by atoms with Gasteiger partial charge in [-0.2, -0.15) is 15.0 Å². The van der Waals surface area contributed by atoms with Gasteiger partial charge in [0.2, 0.25) is 11.2 Å². The smallest absolute Gasteiger partial charge is 0.328 e. The maximum atomic E-state index is 5.66. The molecule has 0 fully saturated rings. The van der Waals surface area contributed by atoms with Crippen molar-refractivity contribution in [1.82, 2.24) is 15.0 Å². The number of hydrogen-bond acceptors (Lipinski definition) is 6. The molecular weight excluding hydrogens is 268 g/mol. The lowest BCUT2D eigenvalue weighted by atomic mass is 10.3. The number of halogens is 1. The van der Waals surface area contributed by atoms with E-state index in [2.05, 4.69) is 15.0 Å². The van der Waals surface area contributed by atoms with Crippen LogP contribution in [0.1, 0.15) is 13.3 Å². The molecule has 2 N–H and O–H groups in total. The van der Waals surface area contributed by atoms with Gasteiger partial charge in [0, 0.05) is 0 Å². The molecule has 0 aliphatic carbocycles. The lowest BCUT2D eigenvalue weighted by Gasteiger charge is -2.06. The highest BCUT2D eigenvalue weighted by Gasteiger charge is 2.05. The second-order valence-corrected chi connectivity index (χ2v) is 4.01. The standard InChI is InChI=1S/C12H13ClN4O2/c1-2-7-18-8-3-5-9(6-4-8)19-12-16-10(13)15-11(14)17-12/h3-6H,2,7H2,1H3,(H2,14,15,16,17). The van der Waals surface area contributed by atoms with Gasteiger partial charge in [-0.15, -0.1) is 0 Å². The second-order valence-electron chi connectivity index (χ2n) is 3.67. The van der Waals surface area contributed by atoms with Gasteiger partial charge in [0.05, 0.1) is 6.61 Å². The molecule has 7 heteroatoms. The lowest BCUT2D eigenvalue weighted by Crippen LogP contribution is -2.00. The van der Waals surface area contributed by atoms with E-state index in [-0.39, 0.29) is 17.2 Å². The summed E-state index contributed by atoms with van der Waals surface area (Å²) in [5.74, 6) is 1.35. The van der Waals surface area contributed by atoms with Gasteiger partial charge in [-0.3, -0.25) is 0 Å². The van der Waals surface area contributed by atoms with Crippen molar-refractivity contribution in [3.8, 4) is 17.5 Å². The summed E-state index contributed by atoms with van der Waals surface area (Å²) in [6.07, 6.45) is 0.959. The predicted molar refractivity (Wildman–Crippen MR) is 71.6 cm³/mol. The number of rotatable bonds is 5. The highest BCUT2D eigenvalue weighted by atomic mass is 35.5. The Hall–Kier alpha value is -2.08. The average molecular weight is 281 g/mol. The fraction of sp³-hybridized carbons (Fsp3) is 0.250. The molecule has 0 unspecified atom stereocenters. The van der Waals surface area contributed by atoms with Crippen molar-refractivity contribution in [1.29, 1.82) is 0 Å². The number of benzene rings is 1. The first-order valence-corrected chi connectivity index (χ1v) is 6.13. The summed E-state index contributed by atoms with van der Waals surface area (Å²) in [5.41, 5.74) is 5.45. The summed E-state index contributed by atoms with van der Waals surface area (Å²) in [6.45, 7) is 2.73. The van der Waals surface area contributed by atoms with Gasteiger partial charge < -0.3 is 15.2 Å². The maximum Gasteiger partial charge on any atom is 0.328 e. The monoisotopic (exact) mass is 280 g/mol. The minimum absolute atomic E-state index is 0.00889. The topological polar surface area (TPSA) is 83.2 Å². The van der Waals surface area contributed by atoms with Crippen LogP contribution in [-0.2, 0) is 0 Å². The summed E-state index contributed by atoms with van der Waals surface area (Å²) in [5, 5.41) is -0.00889. The molecule has 1 aromatic heterocycles. The number of hydrogen-bond donors (Lipinski definition) is 1. The van der Waals surface area contributed by atoms with E-state index in [0.29, 0.717) is 12.4 Å². The average Bonchev–Trinajstić information content (AvgIpc) is 2.37. The Morgan fingerprint density at radius 2 is 1.79 bits per heavy atom. The van der Waals surface area contributed by atoms with E-state index in [0.717, 1.165) is 12.2 Å². The third-order valence-corrected chi connectivity index (χ3v) is 2.28. The molecule has 1 heterocycles. The van der Waals surface area contributed by atoms with Crippen LogP contribution in [0.4, 0.5) is 5.95 Å². The maximum absolute atomic E-state index is 5.66. The van der Waals surface area contributed by atoms with Crippen molar-refractivity contribution in [2.75, 3.05) is 12.3 Å². The minimum atomic E-state index is -0.00889. The van der Waals surface area contributed by atoms with Gasteiger partial charge in [0.1, 0.15) is 11.5 Å². The molecule has 2 rings (SSSR count). The van der Waals surface area contributed by atoms with Crippen LogP contribution < -0.4 is 15.2 Å². The van der Waals surface area contributed by atoms with Crippen LogP contribution in [-0.4, -0.2) is 21.6 Å². The fourth-order valence-corrected chi connectivity index (χ4v) is 1.48. The van der Waals surface area contributed by atoms with Crippen LogP contribution in [0.3, 0.4) is 0 Å². The van der Waals surface area contributed by atoms with Crippen LogP contribution in [0.25, 0.3) is 0 Å². The van der Waals surface area contributed by atoms with Gasteiger partial charge in [-0.05, 0) is 42.3 Å². The highest BCUT2D eigenvalue weighted by molar-refractivity contribution is 6.28. The SMILES string of the molecule is CCCOc1ccc(Oc2nc(N)nc(Cl)n2)cc1. The normalized spacial score (nSPS) is 10.2. The molecule has 0 spiro atoms. The molecule has 0 radical (unpaired) electrons. The van der Waals surface area contributed by atoms with E-state index in [9.17, 15) is 0 Å². The quantitative estimate of drug-likeness (QED) is 0.906. The van der Waals surface area contributed by atoms with E-state index in [1.54, 1.807) is 24.3 Å². The molecule has 0 aliphatic heterocycles. The molecule has 1 aromatic carbocycles. The molecule has 0 aliphatic rings. The minimum Gasteiger partial charge on any atom is -0.494 e. The zero-order chi connectivity index (χ0) is 13.7. The van der Waals surface area contributed by atoms with E-state index in [4.69, 9.17) is 26.8 Å². The number of aromatic nitrogens is 3. The summed E-state index contributed by atoms with van der Waals surface area (Å²) < 4.78 is 10.9. The van der Waals surface area contributed by atoms with Gasteiger partial charge in [-0.25, -0.2) is 0 Å². The van der Waals surface area contributed by atoms with Gasteiger partial charge in [-0.1, -0.05) is 6.92 Å². The predicted octanol–water partition coefficient (Wildman–Crippen LogP) is 2.69. The highest BCUT2D eigenvalue weighted by Crippen LogP contribution is 2.22. The molecule has 0 bridgehead atoms. The van der Waals surface area contributed by atoms with E-state index >= 15 is 0 Å². The van der Waals surface area contributed by atoms with Crippen LogP contribution in [0.2, 0.25) is 5.28 Å². The first-order chi connectivity index (χ1) is 9.17. The molecule has 100 valence electrons. The number of nitrogen functional groups attached to an aromatic ring is 1. The van der Waals surface area contributed by atoms with Crippen LogP contribution >= 0.6 is 11.6 Å². The molecule has 0 atom stereocenters. The third-order valence-electron chi connectivity index (χ3n) is 2.11. The van der Waals surface area contributed by atoms with E-state index < -0.39 is 0 Å². The Bertz CT molecular complexity index is 528. The Kier molecular flexibility index (Phi) is 4.35. The van der Waals surface area contributed by atoms with Crippen molar-refractivity contribution in [2.45, 2.75) is 13.3 Å². The first kappa shape index (κ1) is 13.4. The van der Waals surface area contributed by atoms with Gasteiger partial charge >= 0.3 is 6.01 Å². The second kappa shape index (κ2) is 6.19. The largest absolute Gasteiger partial charge is 0.494 e. The Balaban J connectivity index is 2.06. The van der Waals surface area contributed by atoms with Gasteiger partial charge in [0.25, 0.3) is 0 Å². The molecular formula is C12H13ClN4O2. The Morgan fingerprint density at radius 1 is 1.11 bits per heavy atom. The molecule has 19 heavy (non-hydrogen) atoms. The summed E-state index contributed by atoms with van der Waals surface area (Å²) in [7, 11) is 0. The van der Waals surface area contributed by atoms with Crippen molar-refractivity contribution in [3.63, 3.8) is 0 Å². The van der Waals surface area contributed by atoms with Crippen molar-refractivity contribution >= 4 is 17.5 Å². The molecule has 6 nitrogen and oxygen atoms in total. The summed E-state index contributed by atoms with van der Waals surface area (Å²) >= 11 is 5.66. The first-order valence-electron chi connectivity index (χ1n) is 5.75. The van der Waals surface area contributed by atoms with E-state index in [1.807, 2.05) is 6.92 Å².